The van der Waals surface area contributed by atoms with Crippen molar-refractivity contribution >= 4 is 0 Å². The van der Waals surface area contributed by atoms with Gasteiger partial charge in [-0.15, -0.1) is 0 Å². The van der Waals surface area contributed by atoms with Gasteiger partial charge in [0.1, 0.15) is 5.75 Å². The molecule has 3 heteroatoms. The van der Waals surface area contributed by atoms with Gasteiger partial charge in [-0.25, -0.2) is 0 Å². The number of phenolic OH excluding ortho intramolecular Hbond substituents is 1. The standard InChI is InChI=1S/C16H25NO2/c1-12(2)19-11-4-3-10-17-15-9-8-14-13(15)6-5-7-16(14)18/h5-7,12,15,17-18H,3-4,8-11H2,1-2H3. The van der Waals surface area contributed by atoms with Gasteiger partial charge in [0.25, 0.3) is 0 Å². The van der Waals surface area contributed by atoms with Crippen LogP contribution in [0.3, 0.4) is 0 Å². The number of fused-ring (bicyclic) bond motifs is 1. The summed E-state index contributed by atoms with van der Waals surface area (Å²) in [5, 5.41) is 13.4. The summed E-state index contributed by atoms with van der Waals surface area (Å²) in [6.07, 6.45) is 4.64. The van der Waals surface area contributed by atoms with E-state index in [0.717, 1.165) is 44.4 Å². The van der Waals surface area contributed by atoms with Crippen LogP contribution in [0.5, 0.6) is 5.75 Å². The summed E-state index contributed by atoms with van der Waals surface area (Å²) in [4.78, 5) is 0. The van der Waals surface area contributed by atoms with Crippen LogP contribution in [0.2, 0.25) is 0 Å². The van der Waals surface area contributed by atoms with Crippen LogP contribution < -0.4 is 5.32 Å². The molecule has 1 unspecified atom stereocenters. The van der Waals surface area contributed by atoms with Crippen LogP contribution in [0, 0.1) is 0 Å². The van der Waals surface area contributed by atoms with Gasteiger partial charge in [0.2, 0.25) is 0 Å². The molecule has 1 atom stereocenters. The van der Waals surface area contributed by atoms with Crippen molar-refractivity contribution in [1.29, 1.82) is 0 Å². The predicted molar refractivity (Wildman–Crippen MR) is 77.5 cm³/mol. The minimum absolute atomic E-state index is 0.331. The second kappa shape index (κ2) is 6.92. The first-order chi connectivity index (χ1) is 9.18. The van der Waals surface area contributed by atoms with E-state index < -0.39 is 0 Å². The summed E-state index contributed by atoms with van der Waals surface area (Å²) in [6.45, 7) is 6.00. The van der Waals surface area contributed by atoms with Crippen molar-refractivity contribution in [1.82, 2.24) is 5.32 Å². The Bertz CT molecular complexity index is 404. The molecule has 0 radical (unpaired) electrons. The fourth-order valence-corrected chi connectivity index (χ4v) is 2.67. The summed E-state index contributed by atoms with van der Waals surface area (Å²) >= 11 is 0. The quantitative estimate of drug-likeness (QED) is 0.742. The van der Waals surface area contributed by atoms with Gasteiger partial charge in [0, 0.05) is 12.6 Å². The molecule has 0 fully saturated rings. The maximum Gasteiger partial charge on any atom is 0.119 e. The molecule has 1 aromatic rings. The molecule has 19 heavy (non-hydrogen) atoms. The zero-order chi connectivity index (χ0) is 13.7. The van der Waals surface area contributed by atoms with E-state index in [9.17, 15) is 5.11 Å². The largest absolute Gasteiger partial charge is 0.508 e. The fourth-order valence-electron chi connectivity index (χ4n) is 2.67. The molecule has 0 bridgehead atoms. The van der Waals surface area contributed by atoms with Crippen LogP contribution in [-0.4, -0.2) is 24.4 Å². The normalized spacial score (nSPS) is 17.9. The molecular formula is C16H25NO2. The lowest BCUT2D eigenvalue weighted by Crippen LogP contribution is -2.20. The van der Waals surface area contributed by atoms with Gasteiger partial charge >= 0.3 is 0 Å². The first-order valence-corrected chi connectivity index (χ1v) is 7.34. The lowest BCUT2D eigenvalue weighted by Gasteiger charge is -2.14. The molecule has 0 saturated carbocycles. The second-order valence-corrected chi connectivity index (χ2v) is 5.52. The monoisotopic (exact) mass is 263 g/mol. The molecular weight excluding hydrogens is 238 g/mol. The van der Waals surface area contributed by atoms with Crippen LogP contribution in [0.1, 0.15) is 50.3 Å². The van der Waals surface area contributed by atoms with Crippen molar-refractivity contribution in [2.75, 3.05) is 13.2 Å². The SMILES string of the molecule is CC(C)OCCCCNC1CCc2c(O)cccc21. The third kappa shape index (κ3) is 3.95. The van der Waals surface area contributed by atoms with Crippen molar-refractivity contribution in [3.05, 3.63) is 29.3 Å². The summed E-state index contributed by atoms with van der Waals surface area (Å²) < 4.78 is 5.53. The van der Waals surface area contributed by atoms with Crippen LogP contribution in [-0.2, 0) is 11.2 Å². The van der Waals surface area contributed by atoms with Crippen molar-refractivity contribution in [2.45, 2.75) is 51.7 Å². The van der Waals surface area contributed by atoms with Gasteiger partial charge in [-0.05, 0) is 63.3 Å². The van der Waals surface area contributed by atoms with E-state index in [0.29, 0.717) is 17.9 Å². The van der Waals surface area contributed by atoms with E-state index >= 15 is 0 Å². The average Bonchev–Trinajstić information content (AvgIpc) is 2.78. The number of nitrogens with one attached hydrogen (secondary N) is 1. The second-order valence-electron chi connectivity index (χ2n) is 5.52. The first kappa shape index (κ1) is 14.4. The van der Waals surface area contributed by atoms with Crippen molar-refractivity contribution in [3.63, 3.8) is 0 Å². The average molecular weight is 263 g/mol. The molecule has 2 N–H and O–H groups in total. The molecule has 1 aromatic carbocycles. The van der Waals surface area contributed by atoms with Gasteiger partial charge < -0.3 is 15.2 Å². The third-order valence-corrected chi connectivity index (χ3v) is 3.66. The molecule has 1 aliphatic carbocycles. The fraction of sp³-hybridized carbons (Fsp3) is 0.625. The Hall–Kier alpha value is -1.06. The van der Waals surface area contributed by atoms with Crippen LogP contribution in [0.4, 0.5) is 0 Å². The first-order valence-electron chi connectivity index (χ1n) is 7.34. The molecule has 0 spiro atoms. The van der Waals surface area contributed by atoms with E-state index in [-0.39, 0.29) is 0 Å². The van der Waals surface area contributed by atoms with Crippen molar-refractivity contribution in [3.8, 4) is 5.75 Å². The summed E-state index contributed by atoms with van der Waals surface area (Å²) in [6, 6.07) is 6.25. The van der Waals surface area contributed by atoms with Crippen LogP contribution in [0.25, 0.3) is 0 Å². The van der Waals surface area contributed by atoms with Gasteiger partial charge in [0.05, 0.1) is 6.10 Å². The highest BCUT2D eigenvalue weighted by Crippen LogP contribution is 2.36. The van der Waals surface area contributed by atoms with Crippen LogP contribution in [0.15, 0.2) is 18.2 Å². The Morgan fingerprint density at radius 3 is 3.00 bits per heavy atom. The zero-order valence-electron chi connectivity index (χ0n) is 12.0. The molecule has 1 aliphatic rings. The van der Waals surface area contributed by atoms with Gasteiger partial charge in [-0.3, -0.25) is 0 Å². The Kier molecular flexibility index (Phi) is 5.23. The number of hydrogen-bond donors (Lipinski definition) is 2. The number of unbranched alkanes of at least 4 members (excludes halogenated alkanes) is 1. The zero-order valence-corrected chi connectivity index (χ0v) is 12.0. The Labute approximate surface area is 116 Å². The minimum Gasteiger partial charge on any atom is -0.508 e. The predicted octanol–water partition coefficient (Wildman–Crippen LogP) is 3.17. The smallest absolute Gasteiger partial charge is 0.119 e. The van der Waals surface area contributed by atoms with Crippen molar-refractivity contribution < 1.29 is 9.84 Å². The van der Waals surface area contributed by atoms with E-state index in [2.05, 4.69) is 25.2 Å². The lowest BCUT2D eigenvalue weighted by molar-refractivity contribution is 0.0759. The number of aromatic hydroxyl groups is 1. The van der Waals surface area contributed by atoms with Crippen molar-refractivity contribution in [2.24, 2.45) is 0 Å². The summed E-state index contributed by atoms with van der Waals surface area (Å²) in [5.74, 6) is 0.451. The highest BCUT2D eigenvalue weighted by atomic mass is 16.5. The lowest BCUT2D eigenvalue weighted by atomic mass is 10.1. The topological polar surface area (TPSA) is 41.5 Å². The molecule has 0 aliphatic heterocycles. The summed E-state index contributed by atoms with van der Waals surface area (Å²) in [5.41, 5.74) is 2.40. The molecule has 0 amide bonds. The Morgan fingerprint density at radius 1 is 1.37 bits per heavy atom. The van der Waals surface area contributed by atoms with Crippen LogP contribution >= 0.6 is 0 Å². The minimum atomic E-state index is 0.331. The maximum atomic E-state index is 9.80. The number of benzene rings is 1. The molecule has 0 heterocycles. The molecule has 0 aromatic heterocycles. The van der Waals surface area contributed by atoms with Gasteiger partial charge in [-0.2, -0.15) is 0 Å². The number of ether oxygens (including phenoxy) is 1. The highest BCUT2D eigenvalue weighted by Gasteiger charge is 2.23. The van der Waals surface area contributed by atoms with Gasteiger partial charge in [-0.1, -0.05) is 12.1 Å². The van der Waals surface area contributed by atoms with E-state index in [1.807, 2.05) is 6.07 Å². The Balaban J connectivity index is 1.70. The molecule has 2 rings (SSSR count). The number of phenols is 1. The molecule has 3 nitrogen and oxygen atoms in total. The molecule has 106 valence electrons. The maximum absolute atomic E-state index is 9.80. The Morgan fingerprint density at radius 2 is 2.21 bits per heavy atom. The van der Waals surface area contributed by atoms with E-state index in [1.54, 1.807) is 6.07 Å². The number of rotatable bonds is 7. The van der Waals surface area contributed by atoms with Gasteiger partial charge in [0.15, 0.2) is 0 Å². The number of hydrogen-bond acceptors (Lipinski definition) is 3. The van der Waals surface area contributed by atoms with E-state index in [1.165, 1.54) is 5.56 Å². The van der Waals surface area contributed by atoms with E-state index in [4.69, 9.17) is 4.74 Å². The summed E-state index contributed by atoms with van der Waals surface area (Å²) in [7, 11) is 0. The molecule has 0 saturated heterocycles. The highest BCUT2D eigenvalue weighted by molar-refractivity contribution is 5.44. The third-order valence-electron chi connectivity index (χ3n) is 3.66.